The van der Waals surface area contributed by atoms with Crippen molar-refractivity contribution in [1.29, 1.82) is 0 Å². The Hall–Kier alpha value is -1.60. The Balaban J connectivity index is 2.09. The second-order valence-electron chi connectivity index (χ2n) is 5.50. The molecule has 1 heterocycles. The minimum Gasteiger partial charge on any atom is -0.392 e. The van der Waals surface area contributed by atoms with Crippen molar-refractivity contribution in [3.05, 3.63) is 29.8 Å². The lowest BCUT2D eigenvalue weighted by Gasteiger charge is -2.34. The number of rotatable bonds is 3. The van der Waals surface area contributed by atoms with Gasteiger partial charge in [0.2, 0.25) is 5.91 Å². The molecule has 1 amide bonds. The Labute approximate surface area is 126 Å². The summed E-state index contributed by atoms with van der Waals surface area (Å²) in [6.07, 6.45) is -3.57. The van der Waals surface area contributed by atoms with Gasteiger partial charge in [0.25, 0.3) is 0 Å². The third-order valence-corrected chi connectivity index (χ3v) is 3.85. The van der Waals surface area contributed by atoms with Gasteiger partial charge < -0.3 is 10.4 Å². The molecule has 22 heavy (non-hydrogen) atoms. The van der Waals surface area contributed by atoms with Crippen LogP contribution in [0.25, 0.3) is 0 Å². The van der Waals surface area contributed by atoms with Crippen LogP contribution in [0.2, 0.25) is 0 Å². The first-order valence-electron chi connectivity index (χ1n) is 7.18. The maximum absolute atomic E-state index is 12.9. The summed E-state index contributed by atoms with van der Waals surface area (Å²) in [5.41, 5.74) is -1.11. The van der Waals surface area contributed by atoms with Gasteiger partial charge in [-0.15, -0.1) is 0 Å². The van der Waals surface area contributed by atoms with Crippen LogP contribution in [-0.4, -0.2) is 41.1 Å². The van der Waals surface area contributed by atoms with E-state index in [1.54, 1.807) is 11.8 Å². The third kappa shape index (κ3) is 3.98. The molecule has 2 rings (SSSR count). The molecule has 2 atom stereocenters. The molecular weight excluding hydrogens is 297 g/mol. The number of halogens is 3. The van der Waals surface area contributed by atoms with Crippen molar-refractivity contribution < 1.29 is 23.1 Å². The third-order valence-electron chi connectivity index (χ3n) is 3.85. The number of hydrogen-bond acceptors (Lipinski definition) is 3. The van der Waals surface area contributed by atoms with Gasteiger partial charge in [0.1, 0.15) is 0 Å². The number of amides is 1. The molecule has 1 aliphatic heterocycles. The molecule has 0 saturated carbocycles. The number of aliphatic hydroxyl groups is 1. The van der Waals surface area contributed by atoms with Gasteiger partial charge in [-0.25, -0.2) is 0 Å². The van der Waals surface area contributed by atoms with E-state index in [9.17, 15) is 23.1 Å². The molecule has 4 nitrogen and oxygen atoms in total. The highest BCUT2D eigenvalue weighted by Crippen LogP contribution is 2.34. The first kappa shape index (κ1) is 16.8. The molecule has 1 aromatic carbocycles. The number of benzene rings is 1. The number of aliphatic hydroxyl groups excluding tert-OH is 1. The maximum atomic E-state index is 12.9. The Morgan fingerprint density at radius 3 is 2.73 bits per heavy atom. The number of piperidine rings is 1. The number of anilines is 1. The van der Waals surface area contributed by atoms with Crippen molar-refractivity contribution in [2.45, 2.75) is 38.1 Å². The topological polar surface area (TPSA) is 52.6 Å². The summed E-state index contributed by atoms with van der Waals surface area (Å²) in [6.45, 7) is 2.63. The number of para-hydroxylation sites is 1. The van der Waals surface area contributed by atoms with E-state index in [4.69, 9.17) is 0 Å². The maximum Gasteiger partial charge on any atom is 0.418 e. The van der Waals surface area contributed by atoms with E-state index in [0.717, 1.165) is 12.5 Å². The average Bonchev–Trinajstić information content (AvgIpc) is 2.46. The van der Waals surface area contributed by atoms with Crippen molar-refractivity contribution in [2.24, 2.45) is 0 Å². The zero-order valence-electron chi connectivity index (χ0n) is 12.2. The number of likely N-dealkylation sites (tertiary alicyclic amines) is 1. The molecule has 1 saturated heterocycles. The minimum atomic E-state index is -4.52. The molecule has 2 N–H and O–H groups in total. The number of alkyl halides is 3. The molecule has 0 radical (unpaired) electrons. The molecule has 7 heteroatoms. The van der Waals surface area contributed by atoms with Crippen LogP contribution in [0.1, 0.15) is 25.3 Å². The number of β-amino-alcohol motifs (C(OH)–C–C–N with tert-alkyl or cyclic N) is 1. The van der Waals surface area contributed by atoms with Gasteiger partial charge in [0, 0.05) is 6.54 Å². The fourth-order valence-electron chi connectivity index (χ4n) is 2.58. The summed E-state index contributed by atoms with van der Waals surface area (Å²) >= 11 is 0. The van der Waals surface area contributed by atoms with Crippen molar-refractivity contribution >= 4 is 11.6 Å². The highest BCUT2D eigenvalue weighted by Gasteiger charge is 2.34. The van der Waals surface area contributed by atoms with Crippen LogP contribution in [0, 0.1) is 0 Å². The highest BCUT2D eigenvalue weighted by molar-refractivity contribution is 5.95. The second-order valence-corrected chi connectivity index (χ2v) is 5.50. The van der Waals surface area contributed by atoms with E-state index in [0.29, 0.717) is 19.5 Å². The molecule has 0 spiro atoms. The van der Waals surface area contributed by atoms with Crippen LogP contribution in [0.15, 0.2) is 24.3 Å². The number of carbonyl (C=O) groups is 1. The van der Waals surface area contributed by atoms with Gasteiger partial charge in [0.15, 0.2) is 0 Å². The lowest BCUT2D eigenvalue weighted by Crippen LogP contribution is -2.48. The number of nitrogens with one attached hydrogen (secondary N) is 1. The van der Waals surface area contributed by atoms with Crippen LogP contribution in [0.4, 0.5) is 18.9 Å². The Bertz CT molecular complexity index is 534. The van der Waals surface area contributed by atoms with E-state index in [1.165, 1.54) is 18.2 Å². The van der Waals surface area contributed by atoms with Crippen molar-refractivity contribution in [3.8, 4) is 0 Å². The van der Waals surface area contributed by atoms with Gasteiger partial charge in [-0.1, -0.05) is 12.1 Å². The first-order chi connectivity index (χ1) is 10.3. The van der Waals surface area contributed by atoms with Crippen LogP contribution in [0.5, 0.6) is 0 Å². The summed E-state index contributed by atoms with van der Waals surface area (Å²) in [7, 11) is 0. The molecule has 2 unspecified atom stereocenters. The smallest absolute Gasteiger partial charge is 0.392 e. The molecule has 1 fully saturated rings. The van der Waals surface area contributed by atoms with E-state index < -0.39 is 29.8 Å². The zero-order valence-corrected chi connectivity index (χ0v) is 12.2. The minimum absolute atomic E-state index is 0.246. The first-order valence-corrected chi connectivity index (χ1v) is 7.18. The largest absolute Gasteiger partial charge is 0.418 e. The Morgan fingerprint density at radius 2 is 2.09 bits per heavy atom. The Morgan fingerprint density at radius 1 is 1.41 bits per heavy atom. The quantitative estimate of drug-likeness (QED) is 0.901. The van der Waals surface area contributed by atoms with Gasteiger partial charge in [-0.2, -0.15) is 13.2 Å². The summed E-state index contributed by atoms with van der Waals surface area (Å²) in [5.74, 6) is -0.509. The normalized spacial score (nSPS) is 21.4. The molecule has 0 aliphatic carbocycles. The number of nitrogens with zero attached hydrogens (tertiary/aromatic N) is 1. The molecule has 1 aliphatic rings. The fourth-order valence-corrected chi connectivity index (χ4v) is 2.58. The van der Waals surface area contributed by atoms with Crippen LogP contribution in [0.3, 0.4) is 0 Å². The lowest BCUT2D eigenvalue weighted by molar-refractivity contribution is -0.137. The molecule has 122 valence electrons. The monoisotopic (exact) mass is 316 g/mol. The van der Waals surface area contributed by atoms with Gasteiger partial charge >= 0.3 is 6.18 Å². The van der Waals surface area contributed by atoms with Crippen molar-refractivity contribution in [3.63, 3.8) is 0 Å². The Kier molecular flexibility index (Phi) is 5.08. The predicted octanol–water partition coefficient (Wildman–Crippen LogP) is 2.49. The van der Waals surface area contributed by atoms with Gasteiger partial charge in [-0.05, 0) is 38.4 Å². The molecule has 0 aromatic heterocycles. The van der Waals surface area contributed by atoms with Gasteiger partial charge in [0.05, 0.1) is 23.4 Å². The SMILES string of the molecule is CC(C(=O)Nc1ccccc1C(F)(F)F)N1CCCC(O)C1. The molecular formula is C15H19F3N2O2. The van der Waals surface area contributed by atoms with E-state index >= 15 is 0 Å². The van der Waals surface area contributed by atoms with Crippen molar-refractivity contribution in [2.75, 3.05) is 18.4 Å². The zero-order chi connectivity index (χ0) is 16.3. The van der Waals surface area contributed by atoms with E-state index in [1.807, 2.05) is 0 Å². The van der Waals surface area contributed by atoms with Crippen LogP contribution < -0.4 is 5.32 Å². The second kappa shape index (κ2) is 6.66. The summed E-state index contributed by atoms with van der Waals surface area (Å²) < 4.78 is 38.7. The summed E-state index contributed by atoms with van der Waals surface area (Å²) in [4.78, 5) is 14.0. The van der Waals surface area contributed by atoms with Crippen molar-refractivity contribution in [1.82, 2.24) is 4.90 Å². The summed E-state index contributed by atoms with van der Waals surface area (Å²) in [5, 5.41) is 12.0. The van der Waals surface area contributed by atoms with Crippen LogP contribution >= 0.6 is 0 Å². The average molecular weight is 316 g/mol. The number of carbonyl (C=O) groups excluding carboxylic acids is 1. The molecule has 1 aromatic rings. The number of hydrogen-bond donors (Lipinski definition) is 2. The fraction of sp³-hybridized carbons (Fsp3) is 0.533. The predicted molar refractivity (Wildman–Crippen MR) is 76.3 cm³/mol. The lowest BCUT2D eigenvalue weighted by atomic mass is 10.1. The summed E-state index contributed by atoms with van der Waals surface area (Å²) in [6, 6.07) is 4.29. The molecule has 0 bridgehead atoms. The highest BCUT2D eigenvalue weighted by atomic mass is 19.4. The van der Waals surface area contributed by atoms with E-state index in [-0.39, 0.29) is 5.69 Å². The van der Waals surface area contributed by atoms with E-state index in [2.05, 4.69) is 5.32 Å². The van der Waals surface area contributed by atoms with Crippen LogP contribution in [-0.2, 0) is 11.0 Å². The van der Waals surface area contributed by atoms with Gasteiger partial charge in [-0.3, -0.25) is 9.69 Å². The standard InChI is InChI=1S/C15H19F3N2O2/c1-10(20-8-4-5-11(21)9-20)14(22)19-13-7-3-2-6-12(13)15(16,17)18/h2-3,6-7,10-11,21H,4-5,8-9H2,1H3,(H,19,22).